The Bertz CT molecular complexity index is 479. The van der Waals surface area contributed by atoms with E-state index in [0.29, 0.717) is 17.5 Å². The molecule has 0 aliphatic carbocycles. The lowest BCUT2D eigenvalue weighted by molar-refractivity contribution is -0.141. The standard InChI is InChI=1S/C17H24ClNO2/c1-17(2,3)16(20)19-10-4-5-13(11-19)12-21-15-8-6-14(18)7-9-15/h6-9,13H,4-5,10-12H2,1-3H3. The minimum atomic E-state index is -0.307. The van der Waals surface area contributed by atoms with Crippen LogP contribution in [0.25, 0.3) is 0 Å². The molecule has 1 unspecified atom stereocenters. The quantitative estimate of drug-likeness (QED) is 0.844. The molecule has 1 amide bonds. The maximum absolute atomic E-state index is 12.3. The van der Waals surface area contributed by atoms with Gasteiger partial charge in [0.15, 0.2) is 0 Å². The Morgan fingerprint density at radius 1 is 1.33 bits per heavy atom. The Hall–Kier alpha value is -1.22. The van der Waals surface area contributed by atoms with E-state index in [4.69, 9.17) is 16.3 Å². The molecule has 1 aromatic rings. The number of hydrogen-bond acceptors (Lipinski definition) is 2. The van der Waals surface area contributed by atoms with Crippen LogP contribution < -0.4 is 4.74 Å². The van der Waals surface area contributed by atoms with Gasteiger partial charge in [-0.3, -0.25) is 4.79 Å². The minimum Gasteiger partial charge on any atom is -0.493 e. The Morgan fingerprint density at radius 2 is 2.00 bits per heavy atom. The molecule has 1 atom stereocenters. The number of benzene rings is 1. The molecule has 0 saturated carbocycles. The molecule has 0 bridgehead atoms. The molecule has 1 saturated heterocycles. The molecule has 0 N–H and O–H groups in total. The number of hydrogen-bond donors (Lipinski definition) is 0. The van der Waals surface area contributed by atoms with Crippen LogP contribution in [-0.2, 0) is 4.79 Å². The number of rotatable bonds is 3. The van der Waals surface area contributed by atoms with Crippen molar-refractivity contribution in [2.45, 2.75) is 33.6 Å². The highest BCUT2D eigenvalue weighted by molar-refractivity contribution is 6.30. The molecule has 0 aromatic heterocycles. The van der Waals surface area contributed by atoms with Gasteiger partial charge in [0.25, 0.3) is 0 Å². The molecule has 1 heterocycles. The Morgan fingerprint density at radius 3 is 2.62 bits per heavy atom. The summed E-state index contributed by atoms with van der Waals surface area (Å²) >= 11 is 5.86. The third-order valence-corrected chi connectivity index (χ3v) is 4.00. The van der Waals surface area contributed by atoms with E-state index >= 15 is 0 Å². The molecule has 21 heavy (non-hydrogen) atoms. The average Bonchev–Trinajstić information content (AvgIpc) is 2.45. The van der Waals surface area contributed by atoms with E-state index < -0.39 is 0 Å². The van der Waals surface area contributed by atoms with Gasteiger partial charge in [-0.2, -0.15) is 0 Å². The van der Waals surface area contributed by atoms with Crippen molar-refractivity contribution in [2.75, 3.05) is 19.7 Å². The van der Waals surface area contributed by atoms with Gasteiger partial charge < -0.3 is 9.64 Å². The number of carbonyl (C=O) groups is 1. The van der Waals surface area contributed by atoms with Gasteiger partial charge in [-0.25, -0.2) is 0 Å². The maximum Gasteiger partial charge on any atom is 0.227 e. The first-order valence-corrected chi connectivity index (χ1v) is 7.92. The highest BCUT2D eigenvalue weighted by Gasteiger charge is 2.31. The van der Waals surface area contributed by atoms with E-state index in [1.54, 1.807) is 0 Å². The number of halogens is 1. The average molecular weight is 310 g/mol. The van der Waals surface area contributed by atoms with Crippen molar-refractivity contribution < 1.29 is 9.53 Å². The van der Waals surface area contributed by atoms with Crippen molar-refractivity contribution in [3.05, 3.63) is 29.3 Å². The fourth-order valence-electron chi connectivity index (χ4n) is 2.60. The first-order valence-electron chi connectivity index (χ1n) is 7.54. The van der Waals surface area contributed by atoms with Gasteiger partial charge in [0, 0.05) is 29.4 Å². The minimum absolute atomic E-state index is 0.235. The molecule has 4 heteroatoms. The van der Waals surface area contributed by atoms with E-state index in [-0.39, 0.29) is 11.3 Å². The summed E-state index contributed by atoms with van der Waals surface area (Å²) in [5.74, 6) is 1.47. The van der Waals surface area contributed by atoms with E-state index in [2.05, 4.69) is 0 Å². The second-order valence-electron chi connectivity index (χ2n) is 6.77. The van der Waals surface area contributed by atoms with Gasteiger partial charge in [-0.1, -0.05) is 32.4 Å². The smallest absolute Gasteiger partial charge is 0.227 e. The molecule has 116 valence electrons. The SMILES string of the molecule is CC(C)(C)C(=O)N1CCCC(COc2ccc(Cl)cc2)C1. The fraction of sp³-hybridized carbons (Fsp3) is 0.588. The molecular weight excluding hydrogens is 286 g/mol. The van der Waals surface area contributed by atoms with Crippen LogP contribution >= 0.6 is 11.6 Å². The summed E-state index contributed by atoms with van der Waals surface area (Å²) in [6, 6.07) is 7.41. The number of amides is 1. The summed E-state index contributed by atoms with van der Waals surface area (Å²) in [7, 11) is 0. The summed E-state index contributed by atoms with van der Waals surface area (Å²) in [6.07, 6.45) is 2.16. The lowest BCUT2D eigenvalue weighted by atomic mass is 9.91. The molecule has 1 aliphatic heterocycles. The van der Waals surface area contributed by atoms with Gasteiger partial charge in [0.1, 0.15) is 5.75 Å². The molecule has 0 radical (unpaired) electrons. The Balaban J connectivity index is 1.87. The topological polar surface area (TPSA) is 29.5 Å². The zero-order chi connectivity index (χ0) is 15.5. The third kappa shape index (κ3) is 4.63. The monoisotopic (exact) mass is 309 g/mol. The van der Waals surface area contributed by atoms with Crippen molar-refractivity contribution in [1.82, 2.24) is 4.90 Å². The van der Waals surface area contributed by atoms with E-state index in [1.165, 1.54) is 0 Å². The summed E-state index contributed by atoms with van der Waals surface area (Å²) in [4.78, 5) is 14.3. The highest BCUT2D eigenvalue weighted by Crippen LogP contribution is 2.24. The van der Waals surface area contributed by atoms with Crippen molar-refractivity contribution >= 4 is 17.5 Å². The first-order chi connectivity index (χ1) is 9.86. The summed E-state index contributed by atoms with van der Waals surface area (Å²) in [6.45, 7) is 8.24. The normalized spacial score (nSPS) is 19.4. The molecule has 1 fully saturated rings. The predicted octanol–water partition coefficient (Wildman–Crippen LogP) is 4.00. The zero-order valence-electron chi connectivity index (χ0n) is 13.1. The lowest BCUT2D eigenvalue weighted by Gasteiger charge is -2.36. The first kappa shape index (κ1) is 16.2. The molecule has 3 nitrogen and oxygen atoms in total. The predicted molar refractivity (Wildman–Crippen MR) is 85.7 cm³/mol. The highest BCUT2D eigenvalue weighted by atomic mass is 35.5. The summed E-state index contributed by atoms with van der Waals surface area (Å²) in [5.41, 5.74) is -0.307. The van der Waals surface area contributed by atoms with E-state index in [1.807, 2.05) is 49.9 Å². The lowest BCUT2D eigenvalue weighted by Crippen LogP contribution is -2.46. The maximum atomic E-state index is 12.3. The number of carbonyl (C=O) groups excluding carboxylic acids is 1. The molecule has 0 spiro atoms. The van der Waals surface area contributed by atoms with Crippen LogP contribution in [0.2, 0.25) is 5.02 Å². The van der Waals surface area contributed by atoms with Gasteiger partial charge in [0.2, 0.25) is 5.91 Å². The second-order valence-corrected chi connectivity index (χ2v) is 7.21. The van der Waals surface area contributed by atoms with E-state index in [0.717, 1.165) is 31.7 Å². The van der Waals surface area contributed by atoms with Gasteiger partial charge in [-0.05, 0) is 37.1 Å². The van der Waals surface area contributed by atoms with Crippen molar-refractivity contribution in [2.24, 2.45) is 11.3 Å². The van der Waals surface area contributed by atoms with Crippen LogP contribution in [0, 0.1) is 11.3 Å². The van der Waals surface area contributed by atoms with Crippen molar-refractivity contribution in [1.29, 1.82) is 0 Å². The molecule has 1 aromatic carbocycles. The summed E-state index contributed by atoms with van der Waals surface area (Å²) in [5, 5.41) is 0.710. The van der Waals surface area contributed by atoms with Crippen LogP contribution in [0.4, 0.5) is 0 Å². The molecule has 1 aliphatic rings. The van der Waals surface area contributed by atoms with Crippen LogP contribution in [-0.4, -0.2) is 30.5 Å². The van der Waals surface area contributed by atoms with Gasteiger partial charge >= 0.3 is 0 Å². The van der Waals surface area contributed by atoms with Gasteiger partial charge in [0.05, 0.1) is 6.61 Å². The van der Waals surface area contributed by atoms with Gasteiger partial charge in [-0.15, -0.1) is 0 Å². The number of piperidine rings is 1. The van der Waals surface area contributed by atoms with Crippen LogP contribution in [0.1, 0.15) is 33.6 Å². The summed E-state index contributed by atoms with van der Waals surface area (Å²) < 4.78 is 5.82. The van der Waals surface area contributed by atoms with Crippen molar-refractivity contribution in [3.8, 4) is 5.75 Å². The molecule has 2 rings (SSSR count). The van der Waals surface area contributed by atoms with Crippen molar-refractivity contribution in [3.63, 3.8) is 0 Å². The van der Waals surface area contributed by atoms with Crippen LogP contribution in [0.5, 0.6) is 5.75 Å². The number of ether oxygens (including phenoxy) is 1. The van der Waals surface area contributed by atoms with E-state index in [9.17, 15) is 4.79 Å². The third-order valence-electron chi connectivity index (χ3n) is 3.75. The number of likely N-dealkylation sites (tertiary alicyclic amines) is 1. The Labute approximate surface area is 132 Å². The van der Waals surface area contributed by atoms with Crippen LogP contribution in [0.15, 0.2) is 24.3 Å². The Kier molecular flexibility index (Phi) is 5.15. The number of nitrogens with zero attached hydrogens (tertiary/aromatic N) is 1. The second kappa shape index (κ2) is 6.69. The molecular formula is C17H24ClNO2. The van der Waals surface area contributed by atoms with Crippen LogP contribution in [0.3, 0.4) is 0 Å². The fourth-order valence-corrected chi connectivity index (χ4v) is 2.73. The zero-order valence-corrected chi connectivity index (χ0v) is 13.8. The largest absolute Gasteiger partial charge is 0.493 e.